The van der Waals surface area contributed by atoms with Crippen molar-refractivity contribution >= 4 is 50.2 Å². The zero-order valence-corrected chi connectivity index (χ0v) is 15.5. The van der Waals surface area contributed by atoms with Crippen molar-refractivity contribution in [3.8, 4) is 0 Å². The third-order valence-electron chi connectivity index (χ3n) is 3.96. The maximum Gasteiger partial charge on any atom is 0.257 e. The summed E-state index contributed by atoms with van der Waals surface area (Å²) in [6.45, 7) is 2.34. The second-order valence-corrected chi connectivity index (χ2v) is 9.21. The fraction of sp³-hybridized carbons (Fsp3) is 0.467. The standard InChI is InChI=1S/C15H17ClN2O4S2/c1-2-18(11-5-6-24(20,21)9-11)14(19)8-23-15-17-12-7-10(16)3-4-13(12)22-15/h3-4,7,11H,2,5-6,8-9H2,1H3. The van der Waals surface area contributed by atoms with Crippen LogP contribution >= 0.6 is 23.4 Å². The number of sulfone groups is 1. The van der Waals surface area contributed by atoms with Crippen LogP contribution in [0.15, 0.2) is 27.8 Å². The Kier molecular flexibility index (Phi) is 5.08. The molecule has 1 unspecified atom stereocenters. The third kappa shape index (κ3) is 3.87. The number of thioether (sulfide) groups is 1. The van der Waals surface area contributed by atoms with Crippen molar-refractivity contribution < 1.29 is 17.6 Å². The molecule has 1 fully saturated rings. The van der Waals surface area contributed by atoms with Crippen LogP contribution in [0, 0.1) is 0 Å². The van der Waals surface area contributed by atoms with Crippen molar-refractivity contribution in [3.05, 3.63) is 23.2 Å². The van der Waals surface area contributed by atoms with E-state index < -0.39 is 9.84 Å². The fourth-order valence-electron chi connectivity index (χ4n) is 2.81. The Morgan fingerprint density at radius 2 is 2.29 bits per heavy atom. The van der Waals surface area contributed by atoms with Gasteiger partial charge in [0.2, 0.25) is 5.91 Å². The number of nitrogens with zero attached hydrogens (tertiary/aromatic N) is 2. The Balaban J connectivity index is 1.64. The minimum Gasteiger partial charge on any atom is -0.431 e. The molecular formula is C15H17ClN2O4S2. The molecule has 1 aliphatic rings. The summed E-state index contributed by atoms with van der Waals surface area (Å²) in [7, 11) is -3.02. The van der Waals surface area contributed by atoms with Crippen LogP contribution in [0.1, 0.15) is 13.3 Å². The van der Waals surface area contributed by atoms with Crippen molar-refractivity contribution in [2.75, 3.05) is 23.8 Å². The van der Waals surface area contributed by atoms with E-state index in [9.17, 15) is 13.2 Å². The van der Waals surface area contributed by atoms with Crippen LogP contribution in [0.5, 0.6) is 0 Å². The minimum atomic E-state index is -3.02. The van der Waals surface area contributed by atoms with Crippen LogP contribution in [0.3, 0.4) is 0 Å². The smallest absolute Gasteiger partial charge is 0.257 e. The van der Waals surface area contributed by atoms with Gasteiger partial charge in [0.25, 0.3) is 5.22 Å². The van der Waals surface area contributed by atoms with Crippen molar-refractivity contribution in [2.24, 2.45) is 0 Å². The van der Waals surface area contributed by atoms with Crippen molar-refractivity contribution in [3.63, 3.8) is 0 Å². The second kappa shape index (κ2) is 6.93. The lowest BCUT2D eigenvalue weighted by Crippen LogP contribution is -2.41. The van der Waals surface area contributed by atoms with E-state index in [1.807, 2.05) is 6.92 Å². The van der Waals surface area contributed by atoms with Crippen LogP contribution in [-0.2, 0) is 14.6 Å². The van der Waals surface area contributed by atoms with Crippen LogP contribution in [0.25, 0.3) is 11.1 Å². The molecule has 0 radical (unpaired) electrons. The van der Waals surface area contributed by atoms with Gasteiger partial charge in [-0.2, -0.15) is 0 Å². The zero-order valence-electron chi connectivity index (χ0n) is 13.1. The molecule has 130 valence electrons. The van der Waals surface area contributed by atoms with E-state index in [4.69, 9.17) is 16.0 Å². The van der Waals surface area contributed by atoms with E-state index in [1.165, 1.54) is 11.8 Å². The highest BCUT2D eigenvalue weighted by atomic mass is 35.5. The largest absolute Gasteiger partial charge is 0.431 e. The van der Waals surface area contributed by atoms with Crippen molar-refractivity contribution in [1.29, 1.82) is 0 Å². The Morgan fingerprint density at radius 3 is 2.96 bits per heavy atom. The third-order valence-corrected chi connectivity index (χ3v) is 6.76. The van der Waals surface area contributed by atoms with E-state index in [0.717, 1.165) is 0 Å². The van der Waals surface area contributed by atoms with E-state index in [2.05, 4.69) is 4.98 Å². The lowest BCUT2D eigenvalue weighted by Gasteiger charge is -2.26. The normalized spacial score (nSPS) is 19.7. The van der Waals surface area contributed by atoms with E-state index >= 15 is 0 Å². The Labute approximate surface area is 149 Å². The van der Waals surface area contributed by atoms with E-state index in [-0.39, 0.29) is 29.2 Å². The molecule has 1 aromatic heterocycles. The first-order valence-electron chi connectivity index (χ1n) is 7.57. The Bertz CT molecular complexity index is 865. The molecule has 1 saturated heterocycles. The van der Waals surface area contributed by atoms with Crippen molar-refractivity contribution in [1.82, 2.24) is 9.88 Å². The molecule has 0 aliphatic carbocycles. The molecule has 1 aromatic carbocycles. The average Bonchev–Trinajstić information content (AvgIpc) is 3.08. The molecule has 0 bridgehead atoms. The number of carbonyl (C=O) groups excluding carboxylic acids is 1. The molecule has 1 aliphatic heterocycles. The second-order valence-electron chi connectivity index (χ2n) is 5.62. The van der Waals surface area contributed by atoms with Gasteiger partial charge in [0.1, 0.15) is 5.52 Å². The first-order valence-corrected chi connectivity index (χ1v) is 10.8. The van der Waals surface area contributed by atoms with Gasteiger partial charge in [-0.15, -0.1) is 0 Å². The fourth-order valence-corrected chi connectivity index (χ4v) is 5.43. The van der Waals surface area contributed by atoms with Gasteiger partial charge in [0.05, 0.1) is 17.3 Å². The maximum atomic E-state index is 12.4. The number of oxazole rings is 1. The number of hydrogen-bond donors (Lipinski definition) is 0. The Morgan fingerprint density at radius 1 is 1.50 bits per heavy atom. The summed E-state index contributed by atoms with van der Waals surface area (Å²) in [5, 5.41) is 0.971. The van der Waals surface area contributed by atoms with Gasteiger partial charge in [0.15, 0.2) is 15.4 Å². The van der Waals surface area contributed by atoms with Gasteiger partial charge in [-0.3, -0.25) is 4.79 Å². The van der Waals surface area contributed by atoms with Crippen LogP contribution in [0.2, 0.25) is 5.02 Å². The highest BCUT2D eigenvalue weighted by Gasteiger charge is 2.33. The lowest BCUT2D eigenvalue weighted by molar-refractivity contribution is -0.129. The number of aromatic nitrogens is 1. The summed E-state index contributed by atoms with van der Waals surface area (Å²) in [5.41, 5.74) is 1.26. The van der Waals surface area contributed by atoms with Crippen molar-refractivity contribution in [2.45, 2.75) is 24.6 Å². The number of benzene rings is 1. The molecular weight excluding hydrogens is 372 g/mol. The number of rotatable bonds is 5. The molecule has 1 amide bonds. The van der Waals surface area contributed by atoms with Crippen LogP contribution in [0.4, 0.5) is 0 Å². The monoisotopic (exact) mass is 388 g/mol. The van der Waals surface area contributed by atoms with Crippen LogP contribution in [-0.4, -0.2) is 54.1 Å². The molecule has 0 saturated carbocycles. The van der Waals surface area contributed by atoms with Gasteiger partial charge in [-0.25, -0.2) is 13.4 Å². The van der Waals surface area contributed by atoms with Gasteiger partial charge < -0.3 is 9.32 Å². The lowest BCUT2D eigenvalue weighted by atomic mass is 10.2. The minimum absolute atomic E-state index is 0.0542. The summed E-state index contributed by atoms with van der Waals surface area (Å²) < 4.78 is 28.8. The average molecular weight is 389 g/mol. The quantitative estimate of drug-likeness (QED) is 0.732. The Hall–Kier alpha value is -1.25. The first-order chi connectivity index (χ1) is 11.4. The molecule has 24 heavy (non-hydrogen) atoms. The molecule has 0 spiro atoms. The highest BCUT2D eigenvalue weighted by Crippen LogP contribution is 2.26. The number of amides is 1. The predicted molar refractivity (Wildman–Crippen MR) is 94.2 cm³/mol. The maximum absolute atomic E-state index is 12.4. The van der Waals surface area contributed by atoms with E-state index in [0.29, 0.717) is 34.3 Å². The van der Waals surface area contributed by atoms with Gasteiger partial charge in [-0.1, -0.05) is 23.4 Å². The summed E-state index contributed by atoms with van der Waals surface area (Å²) in [5.74, 6) is 0.259. The number of halogens is 1. The van der Waals surface area contributed by atoms with Gasteiger partial charge in [-0.05, 0) is 31.5 Å². The summed E-state index contributed by atoms with van der Waals surface area (Å²) in [6, 6.07) is 4.93. The summed E-state index contributed by atoms with van der Waals surface area (Å²) in [6.07, 6.45) is 0.508. The molecule has 3 rings (SSSR count). The van der Waals surface area contributed by atoms with Gasteiger partial charge >= 0.3 is 0 Å². The molecule has 1 atom stereocenters. The first kappa shape index (κ1) is 17.6. The summed E-state index contributed by atoms with van der Waals surface area (Å²) >= 11 is 7.11. The molecule has 2 aromatic rings. The SMILES string of the molecule is CCN(C(=O)CSc1nc2cc(Cl)ccc2o1)C1CCS(=O)(=O)C1. The predicted octanol–water partition coefficient (Wildman–Crippen LogP) is 2.61. The number of fused-ring (bicyclic) bond motifs is 1. The number of hydrogen-bond acceptors (Lipinski definition) is 6. The molecule has 2 heterocycles. The zero-order chi connectivity index (χ0) is 17.3. The van der Waals surface area contributed by atoms with Gasteiger partial charge in [0, 0.05) is 17.6 Å². The molecule has 6 nitrogen and oxygen atoms in total. The van der Waals surface area contributed by atoms with Crippen LogP contribution < -0.4 is 0 Å². The highest BCUT2D eigenvalue weighted by molar-refractivity contribution is 7.99. The molecule has 0 N–H and O–H groups in total. The number of carbonyl (C=O) groups is 1. The topological polar surface area (TPSA) is 80.5 Å². The van der Waals surface area contributed by atoms with E-state index in [1.54, 1.807) is 23.1 Å². The molecule has 9 heteroatoms. The summed E-state index contributed by atoms with van der Waals surface area (Å²) in [4.78, 5) is 18.4.